The van der Waals surface area contributed by atoms with Crippen molar-refractivity contribution in [2.75, 3.05) is 13.2 Å². The average molecular weight is 193 g/mol. The molecule has 1 aliphatic rings. The Bertz CT molecular complexity index is 302. The highest BCUT2D eigenvalue weighted by Crippen LogP contribution is 2.37. The lowest BCUT2D eigenvalue weighted by molar-refractivity contribution is 0.104. The highest BCUT2D eigenvalue weighted by atomic mass is 16.5. The lowest BCUT2D eigenvalue weighted by Crippen LogP contribution is -2.00. The maximum absolute atomic E-state index is 8.89. The van der Waals surface area contributed by atoms with Crippen LogP contribution in [0.3, 0.4) is 0 Å². The third-order valence-corrected chi connectivity index (χ3v) is 2.54. The van der Waals surface area contributed by atoms with Crippen LogP contribution in [0, 0.1) is 11.8 Å². The van der Waals surface area contributed by atoms with Gasteiger partial charge in [-0.05, 0) is 23.8 Å². The van der Waals surface area contributed by atoms with Gasteiger partial charge in [0.2, 0.25) is 0 Å². The number of ether oxygens (including phenoxy) is 1. The van der Waals surface area contributed by atoms with Crippen LogP contribution in [0.2, 0.25) is 0 Å². The maximum Gasteiger partial charge on any atom is 0.0717 e. The first kappa shape index (κ1) is 8.45. The molecule has 2 heteroatoms. The number of aliphatic hydroxyl groups is 1. The van der Waals surface area contributed by atoms with E-state index in [9.17, 15) is 0 Å². The van der Waals surface area contributed by atoms with E-state index in [1.807, 2.05) is 30.3 Å². The van der Waals surface area contributed by atoms with Crippen molar-refractivity contribution >= 4 is 0 Å². The number of hydrogen-bond acceptors (Lipinski definition) is 2. The Balaban J connectivity index is 1.68. The van der Waals surface area contributed by atoms with Crippen LogP contribution >= 0.6 is 0 Å². The first-order chi connectivity index (χ1) is 7.33. The molecule has 1 aliphatic carbocycles. The van der Waals surface area contributed by atoms with Crippen LogP contribution in [-0.4, -0.2) is 18.3 Å². The van der Waals surface area contributed by atoms with Crippen LogP contribution in [0.25, 0.3) is 0 Å². The molecule has 0 unspecified atom stereocenters. The highest BCUT2D eigenvalue weighted by molar-refractivity contribution is 5.13. The standard InChI is InChI=1S/C12H16O2/c13-7-11-6-12(11)9-14-8-10-4-2-1-3-5-10/h1-5,11-13H,6-9H2/t11-,12-/m1/s1/i6D/t6-,11-,12-. The summed E-state index contributed by atoms with van der Waals surface area (Å²) in [4.78, 5) is 0. The Morgan fingerprint density at radius 3 is 2.79 bits per heavy atom. The molecular weight excluding hydrogens is 176 g/mol. The van der Waals surface area contributed by atoms with Crippen LogP contribution in [-0.2, 0) is 11.3 Å². The first-order valence-corrected chi connectivity index (χ1v) is 4.97. The fraction of sp³-hybridized carbons (Fsp3) is 0.500. The monoisotopic (exact) mass is 193 g/mol. The fourth-order valence-corrected chi connectivity index (χ4v) is 1.52. The van der Waals surface area contributed by atoms with Gasteiger partial charge in [-0.25, -0.2) is 0 Å². The van der Waals surface area contributed by atoms with E-state index in [0.29, 0.717) is 13.2 Å². The van der Waals surface area contributed by atoms with Crippen molar-refractivity contribution in [3.8, 4) is 0 Å². The number of benzene rings is 1. The van der Waals surface area contributed by atoms with Crippen molar-refractivity contribution in [2.45, 2.75) is 13.0 Å². The molecule has 1 saturated carbocycles. The lowest BCUT2D eigenvalue weighted by atomic mass is 10.2. The molecule has 0 spiro atoms. The van der Waals surface area contributed by atoms with Gasteiger partial charge < -0.3 is 9.84 Å². The summed E-state index contributed by atoms with van der Waals surface area (Å²) >= 11 is 0. The first-order valence-electron chi connectivity index (χ1n) is 5.55. The van der Waals surface area contributed by atoms with E-state index in [-0.39, 0.29) is 24.8 Å². The summed E-state index contributed by atoms with van der Waals surface area (Å²) in [5.74, 6) is 0.375. The van der Waals surface area contributed by atoms with Crippen LogP contribution in [0.15, 0.2) is 30.3 Å². The van der Waals surface area contributed by atoms with Gasteiger partial charge in [-0.3, -0.25) is 0 Å². The van der Waals surface area contributed by atoms with Gasteiger partial charge in [0, 0.05) is 7.98 Å². The van der Waals surface area contributed by atoms with Crippen molar-refractivity contribution in [1.82, 2.24) is 0 Å². The zero-order valence-electron chi connectivity index (χ0n) is 9.10. The molecule has 0 amide bonds. The van der Waals surface area contributed by atoms with Gasteiger partial charge >= 0.3 is 0 Å². The van der Waals surface area contributed by atoms with Crippen LogP contribution in [0.1, 0.15) is 13.3 Å². The molecule has 0 saturated heterocycles. The number of rotatable bonds is 5. The topological polar surface area (TPSA) is 29.5 Å². The van der Waals surface area contributed by atoms with Crippen molar-refractivity contribution < 1.29 is 11.2 Å². The minimum atomic E-state index is -0.120. The van der Waals surface area contributed by atoms with Gasteiger partial charge in [-0.1, -0.05) is 30.3 Å². The van der Waals surface area contributed by atoms with E-state index >= 15 is 0 Å². The molecule has 14 heavy (non-hydrogen) atoms. The second-order valence-electron chi connectivity index (χ2n) is 3.70. The molecule has 0 aromatic heterocycles. The molecule has 1 N–H and O–H groups in total. The summed E-state index contributed by atoms with van der Waals surface area (Å²) in [7, 11) is 0. The zero-order chi connectivity index (χ0) is 10.7. The molecule has 3 atom stereocenters. The molecule has 0 aliphatic heterocycles. The van der Waals surface area contributed by atoms with E-state index in [0.717, 1.165) is 5.56 Å². The van der Waals surface area contributed by atoms with Crippen molar-refractivity contribution in [2.24, 2.45) is 11.8 Å². The molecular formula is C12H16O2. The average Bonchev–Trinajstić information content (AvgIpc) is 2.90. The molecule has 1 aromatic carbocycles. The fourth-order valence-electron chi connectivity index (χ4n) is 1.52. The van der Waals surface area contributed by atoms with E-state index < -0.39 is 0 Å². The summed E-state index contributed by atoms with van der Waals surface area (Å²) in [6.07, 6.45) is -0.120. The Morgan fingerprint density at radius 2 is 2.14 bits per heavy atom. The Hall–Kier alpha value is -0.860. The number of aliphatic hydroxyl groups excluding tert-OH is 1. The van der Waals surface area contributed by atoms with Gasteiger partial charge in [0.25, 0.3) is 0 Å². The minimum Gasteiger partial charge on any atom is -0.396 e. The van der Waals surface area contributed by atoms with Crippen molar-refractivity contribution in [1.29, 1.82) is 0 Å². The summed E-state index contributed by atoms with van der Waals surface area (Å²) < 4.78 is 13.1. The third-order valence-electron chi connectivity index (χ3n) is 2.54. The smallest absolute Gasteiger partial charge is 0.0717 e. The normalized spacial score (nSPS) is 31.2. The summed E-state index contributed by atoms with van der Waals surface area (Å²) in [6, 6.07) is 9.99. The van der Waals surface area contributed by atoms with E-state index in [1.165, 1.54) is 0 Å². The maximum atomic E-state index is 8.89. The summed E-state index contributed by atoms with van der Waals surface area (Å²) in [5, 5.41) is 8.89. The second kappa shape index (κ2) is 4.58. The molecule has 1 fully saturated rings. The van der Waals surface area contributed by atoms with Crippen LogP contribution < -0.4 is 0 Å². The van der Waals surface area contributed by atoms with E-state index in [1.54, 1.807) is 0 Å². The van der Waals surface area contributed by atoms with Crippen molar-refractivity contribution in [3.05, 3.63) is 35.9 Å². The predicted octanol–water partition coefficient (Wildman–Crippen LogP) is 1.83. The van der Waals surface area contributed by atoms with Gasteiger partial charge in [-0.2, -0.15) is 0 Å². The Kier molecular flexibility index (Phi) is 2.76. The van der Waals surface area contributed by atoms with Gasteiger partial charge in [0.1, 0.15) is 0 Å². The van der Waals surface area contributed by atoms with E-state index in [4.69, 9.17) is 11.2 Å². The molecule has 2 nitrogen and oxygen atoms in total. The van der Waals surface area contributed by atoms with Crippen LogP contribution in [0.5, 0.6) is 0 Å². The summed E-state index contributed by atoms with van der Waals surface area (Å²) in [6.45, 7) is 1.31. The largest absolute Gasteiger partial charge is 0.396 e. The molecule has 0 heterocycles. The lowest BCUT2D eigenvalue weighted by Gasteiger charge is -2.03. The van der Waals surface area contributed by atoms with E-state index in [2.05, 4.69) is 0 Å². The SMILES string of the molecule is [2H][C@@H]1[C@H](CO)[C@H]1COCc1ccccc1. The molecule has 76 valence electrons. The summed E-state index contributed by atoms with van der Waals surface area (Å²) in [5.41, 5.74) is 1.15. The third kappa shape index (κ3) is 2.56. The highest BCUT2D eigenvalue weighted by Gasteiger charge is 2.36. The molecule has 0 bridgehead atoms. The molecule has 1 aromatic rings. The molecule has 2 rings (SSSR count). The second-order valence-corrected chi connectivity index (χ2v) is 3.70. The number of hydrogen-bond donors (Lipinski definition) is 1. The predicted molar refractivity (Wildman–Crippen MR) is 54.8 cm³/mol. The van der Waals surface area contributed by atoms with Crippen LogP contribution in [0.4, 0.5) is 0 Å². The zero-order valence-corrected chi connectivity index (χ0v) is 8.10. The van der Waals surface area contributed by atoms with Gasteiger partial charge in [0.15, 0.2) is 0 Å². The quantitative estimate of drug-likeness (QED) is 0.773. The molecule has 0 radical (unpaired) electrons. The Labute approximate surface area is 85.9 Å². The van der Waals surface area contributed by atoms with Gasteiger partial charge in [0.05, 0.1) is 13.2 Å². The minimum absolute atomic E-state index is 0.119. The van der Waals surface area contributed by atoms with Gasteiger partial charge in [-0.15, -0.1) is 0 Å². The van der Waals surface area contributed by atoms with Crippen molar-refractivity contribution in [3.63, 3.8) is 0 Å². The Morgan fingerprint density at radius 1 is 1.36 bits per heavy atom.